The minimum Gasteiger partial charge on any atom is -0.390 e. The Balaban J connectivity index is 1.72. The van der Waals surface area contributed by atoms with Crippen molar-refractivity contribution in [2.24, 2.45) is 7.05 Å². The lowest BCUT2D eigenvalue weighted by molar-refractivity contribution is 0.271. The Morgan fingerprint density at radius 2 is 2.18 bits per heavy atom. The van der Waals surface area contributed by atoms with E-state index in [0.717, 1.165) is 10.9 Å². The lowest BCUT2D eigenvalue weighted by atomic mass is 10.2. The Labute approximate surface area is 136 Å². The van der Waals surface area contributed by atoms with E-state index in [-0.39, 0.29) is 6.61 Å². The van der Waals surface area contributed by atoms with Crippen LogP contribution in [0.4, 0.5) is 0 Å². The Morgan fingerprint density at radius 1 is 1.36 bits per heavy atom. The molecular formula is C14H13ClN4O2S. The van der Waals surface area contributed by atoms with Crippen molar-refractivity contribution in [2.75, 3.05) is 0 Å². The fraction of sp³-hybridized carbons (Fsp3) is 0.214. The summed E-state index contributed by atoms with van der Waals surface area (Å²) in [5, 5.41) is 14.5. The molecule has 2 heterocycles. The van der Waals surface area contributed by atoms with Crippen molar-refractivity contribution >= 4 is 23.4 Å². The van der Waals surface area contributed by atoms with Crippen LogP contribution in [0.3, 0.4) is 0 Å². The highest BCUT2D eigenvalue weighted by atomic mass is 35.5. The van der Waals surface area contributed by atoms with Crippen molar-refractivity contribution in [3.05, 3.63) is 47.0 Å². The number of rotatable bonds is 5. The van der Waals surface area contributed by atoms with E-state index in [9.17, 15) is 0 Å². The second kappa shape index (κ2) is 6.51. The lowest BCUT2D eigenvalue weighted by Crippen LogP contribution is -1.97. The smallest absolute Gasteiger partial charge is 0.259 e. The van der Waals surface area contributed by atoms with Gasteiger partial charge in [-0.2, -0.15) is 4.98 Å². The molecule has 0 fully saturated rings. The molecule has 1 N–H and O–H groups in total. The Morgan fingerprint density at radius 3 is 2.91 bits per heavy atom. The highest BCUT2D eigenvalue weighted by molar-refractivity contribution is 7.98. The van der Waals surface area contributed by atoms with Crippen molar-refractivity contribution in [3.8, 4) is 11.5 Å². The van der Waals surface area contributed by atoms with Crippen LogP contribution in [0.15, 0.2) is 40.1 Å². The predicted molar refractivity (Wildman–Crippen MR) is 83.4 cm³/mol. The second-order valence-corrected chi connectivity index (χ2v) is 5.88. The zero-order valence-electron chi connectivity index (χ0n) is 11.7. The molecule has 0 unspecified atom stereocenters. The fourth-order valence-corrected chi connectivity index (χ4v) is 2.92. The monoisotopic (exact) mass is 336 g/mol. The molecule has 22 heavy (non-hydrogen) atoms. The van der Waals surface area contributed by atoms with Crippen LogP contribution in [-0.2, 0) is 19.4 Å². The second-order valence-electron chi connectivity index (χ2n) is 4.53. The fourth-order valence-electron chi connectivity index (χ4n) is 1.89. The standard InChI is InChI=1S/C14H13ClN4O2S/c1-19-9(7-20)6-16-14(19)22-8-12-17-13(21-18-12)10-4-2-3-5-11(10)15/h2-6,20H,7-8H2,1H3. The van der Waals surface area contributed by atoms with E-state index in [1.165, 1.54) is 11.8 Å². The molecule has 0 bridgehead atoms. The van der Waals surface area contributed by atoms with E-state index < -0.39 is 0 Å². The summed E-state index contributed by atoms with van der Waals surface area (Å²) in [4.78, 5) is 8.58. The predicted octanol–water partition coefficient (Wildman–Crippen LogP) is 2.91. The van der Waals surface area contributed by atoms with Crippen LogP contribution in [0.5, 0.6) is 0 Å². The SMILES string of the molecule is Cn1c(CO)cnc1SCc1noc(-c2ccccc2Cl)n1. The van der Waals surface area contributed by atoms with Gasteiger partial charge in [-0.3, -0.25) is 0 Å². The van der Waals surface area contributed by atoms with Gasteiger partial charge in [-0.25, -0.2) is 4.98 Å². The van der Waals surface area contributed by atoms with Gasteiger partial charge in [-0.1, -0.05) is 40.7 Å². The van der Waals surface area contributed by atoms with Gasteiger partial charge in [0.1, 0.15) is 0 Å². The summed E-state index contributed by atoms with van der Waals surface area (Å²) in [5.74, 6) is 1.48. The number of aliphatic hydroxyl groups is 1. The maximum Gasteiger partial charge on any atom is 0.259 e. The summed E-state index contributed by atoms with van der Waals surface area (Å²) in [6, 6.07) is 7.32. The molecule has 1 aromatic carbocycles. The van der Waals surface area contributed by atoms with Gasteiger partial charge in [0.05, 0.1) is 34.8 Å². The largest absolute Gasteiger partial charge is 0.390 e. The molecule has 0 aliphatic rings. The van der Waals surface area contributed by atoms with Crippen LogP contribution in [0.2, 0.25) is 5.02 Å². The normalized spacial score (nSPS) is 11.0. The van der Waals surface area contributed by atoms with E-state index in [1.54, 1.807) is 12.3 Å². The maximum atomic E-state index is 9.15. The van der Waals surface area contributed by atoms with Crippen LogP contribution in [0, 0.1) is 0 Å². The molecule has 0 spiro atoms. The molecule has 0 aliphatic carbocycles. The molecule has 2 aromatic heterocycles. The number of hydrogen-bond donors (Lipinski definition) is 1. The number of hydrogen-bond acceptors (Lipinski definition) is 6. The van der Waals surface area contributed by atoms with Gasteiger partial charge in [0.25, 0.3) is 5.89 Å². The van der Waals surface area contributed by atoms with E-state index >= 15 is 0 Å². The zero-order valence-corrected chi connectivity index (χ0v) is 13.3. The summed E-state index contributed by atoms with van der Waals surface area (Å²) < 4.78 is 7.08. The molecule has 0 amide bonds. The van der Waals surface area contributed by atoms with Gasteiger partial charge in [-0.05, 0) is 12.1 Å². The van der Waals surface area contributed by atoms with Crippen LogP contribution in [-0.4, -0.2) is 24.8 Å². The number of benzene rings is 1. The first-order chi connectivity index (χ1) is 10.7. The molecule has 0 aliphatic heterocycles. The number of halogens is 1. The summed E-state index contributed by atoms with van der Waals surface area (Å²) >= 11 is 7.58. The number of nitrogens with zero attached hydrogens (tertiary/aromatic N) is 4. The van der Waals surface area contributed by atoms with Gasteiger partial charge in [0.2, 0.25) is 0 Å². The van der Waals surface area contributed by atoms with Crippen molar-refractivity contribution in [1.82, 2.24) is 19.7 Å². The minimum absolute atomic E-state index is 0.0388. The first-order valence-electron chi connectivity index (χ1n) is 6.50. The third kappa shape index (κ3) is 3.01. The number of aromatic nitrogens is 4. The van der Waals surface area contributed by atoms with E-state index in [1.807, 2.05) is 29.8 Å². The molecule has 3 aromatic rings. The van der Waals surface area contributed by atoms with Gasteiger partial charge in [0.15, 0.2) is 11.0 Å². The average molecular weight is 337 g/mol. The van der Waals surface area contributed by atoms with Crippen LogP contribution in [0.1, 0.15) is 11.5 Å². The topological polar surface area (TPSA) is 77.0 Å². The van der Waals surface area contributed by atoms with Crippen LogP contribution in [0.25, 0.3) is 11.5 Å². The highest BCUT2D eigenvalue weighted by Crippen LogP contribution is 2.27. The zero-order chi connectivity index (χ0) is 15.5. The molecule has 0 atom stereocenters. The third-order valence-electron chi connectivity index (χ3n) is 3.11. The molecule has 0 radical (unpaired) electrons. The van der Waals surface area contributed by atoms with Crippen molar-refractivity contribution in [1.29, 1.82) is 0 Å². The average Bonchev–Trinajstić information content (AvgIpc) is 3.12. The van der Waals surface area contributed by atoms with Gasteiger partial charge < -0.3 is 14.2 Å². The quantitative estimate of drug-likeness (QED) is 0.722. The van der Waals surface area contributed by atoms with E-state index in [0.29, 0.717) is 28.1 Å². The van der Waals surface area contributed by atoms with Gasteiger partial charge >= 0.3 is 0 Å². The molecule has 8 heteroatoms. The molecular weight excluding hydrogens is 324 g/mol. The summed E-state index contributed by atoms with van der Waals surface area (Å²) in [5.41, 5.74) is 1.47. The summed E-state index contributed by atoms with van der Waals surface area (Å²) in [6.07, 6.45) is 1.65. The number of aliphatic hydroxyl groups excluding tert-OH is 1. The van der Waals surface area contributed by atoms with E-state index in [2.05, 4.69) is 15.1 Å². The van der Waals surface area contributed by atoms with Gasteiger partial charge in [-0.15, -0.1) is 0 Å². The van der Waals surface area contributed by atoms with Crippen LogP contribution >= 0.6 is 23.4 Å². The minimum atomic E-state index is -0.0388. The Bertz CT molecular complexity index is 787. The van der Waals surface area contributed by atoms with Crippen molar-refractivity contribution in [2.45, 2.75) is 17.5 Å². The van der Waals surface area contributed by atoms with Crippen molar-refractivity contribution < 1.29 is 9.63 Å². The third-order valence-corrected chi connectivity index (χ3v) is 4.48. The Kier molecular flexibility index (Phi) is 4.47. The first-order valence-corrected chi connectivity index (χ1v) is 7.87. The molecule has 6 nitrogen and oxygen atoms in total. The molecule has 114 valence electrons. The summed E-state index contributed by atoms with van der Waals surface area (Å²) in [7, 11) is 1.85. The molecule has 0 saturated carbocycles. The van der Waals surface area contributed by atoms with Crippen molar-refractivity contribution in [3.63, 3.8) is 0 Å². The number of thioether (sulfide) groups is 1. The van der Waals surface area contributed by atoms with Gasteiger partial charge in [0, 0.05) is 7.05 Å². The summed E-state index contributed by atoms with van der Waals surface area (Å²) in [6.45, 7) is -0.0388. The number of imidazole rings is 1. The first kappa shape index (κ1) is 15.1. The maximum absolute atomic E-state index is 9.15. The lowest BCUT2D eigenvalue weighted by Gasteiger charge is -2.01. The highest BCUT2D eigenvalue weighted by Gasteiger charge is 2.13. The Hall–Kier alpha value is -1.83. The van der Waals surface area contributed by atoms with E-state index in [4.69, 9.17) is 21.2 Å². The molecule has 3 rings (SSSR count). The van der Waals surface area contributed by atoms with Crippen LogP contribution < -0.4 is 0 Å². The molecule has 0 saturated heterocycles.